The quantitative estimate of drug-likeness (QED) is 0.911. The summed E-state index contributed by atoms with van der Waals surface area (Å²) < 4.78 is 6.10. The van der Waals surface area contributed by atoms with Crippen LogP contribution in [0.25, 0.3) is 0 Å². The van der Waals surface area contributed by atoms with Gasteiger partial charge >= 0.3 is 5.97 Å². The van der Waals surface area contributed by atoms with Crippen LogP contribution in [-0.4, -0.2) is 17.2 Å². The van der Waals surface area contributed by atoms with Crippen molar-refractivity contribution in [2.24, 2.45) is 23.2 Å². The molecule has 3 heteroatoms. The highest BCUT2D eigenvalue weighted by molar-refractivity contribution is 5.87. The summed E-state index contributed by atoms with van der Waals surface area (Å²) in [5, 5.41) is 8.90. The molecule has 4 atom stereocenters. The number of ether oxygens (including phenoxy) is 1. The van der Waals surface area contributed by atoms with E-state index in [1.807, 2.05) is 0 Å². The molecule has 3 nitrogen and oxygen atoms in total. The normalized spacial score (nSPS) is 34.1. The lowest BCUT2D eigenvalue weighted by atomic mass is 9.45. The molecular formula is C17H22O3. The van der Waals surface area contributed by atoms with Gasteiger partial charge in [0.15, 0.2) is 0 Å². The monoisotopic (exact) mass is 274 g/mol. The topological polar surface area (TPSA) is 46.5 Å². The van der Waals surface area contributed by atoms with Gasteiger partial charge in [0.1, 0.15) is 11.9 Å². The van der Waals surface area contributed by atoms with Crippen LogP contribution in [0.3, 0.4) is 0 Å². The molecule has 4 rings (SSSR count). The van der Waals surface area contributed by atoms with E-state index < -0.39 is 5.97 Å². The standard InChI is InChI=1S/C17H22O3/c1-10-14-8-12(17(14,2)3)9-15(10)20-13-6-4-11(5-7-13)16(18)19/h4-7,10,12,14-15H,8-9H2,1-3H3,(H,18,19)/t10-,12+,14-,15-/m1/s1. The van der Waals surface area contributed by atoms with Gasteiger partial charge in [-0.3, -0.25) is 0 Å². The van der Waals surface area contributed by atoms with Gasteiger partial charge in [-0.05, 0) is 60.3 Å². The van der Waals surface area contributed by atoms with Gasteiger partial charge in [0.05, 0.1) is 5.56 Å². The van der Waals surface area contributed by atoms with Crippen LogP contribution in [0.1, 0.15) is 44.0 Å². The van der Waals surface area contributed by atoms with Gasteiger partial charge < -0.3 is 9.84 Å². The molecule has 2 bridgehead atoms. The van der Waals surface area contributed by atoms with Crippen LogP contribution in [0.5, 0.6) is 5.75 Å². The summed E-state index contributed by atoms with van der Waals surface area (Å²) in [7, 11) is 0. The Labute approximate surface area is 120 Å². The van der Waals surface area contributed by atoms with Crippen molar-refractivity contribution in [1.82, 2.24) is 0 Å². The fraction of sp³-hybridized carbons (Fsp3) is 0.588. The second-order valence-electron chi connectivity index (χ2n) is 6.94. The zero-order chi connectivity index (χ0) is 14.5. The molecule has 0 heterocycles. The first-order chi connectivity index (χ1) is 9.39. The molecule has 3 aliphatic rings. The smallest absolute Gasteiger partial charge is 0.335 e. The Balaban J connectivity index is 1.69. The van der Waals surface area contributed by atoms with Crippen molar-refractivity contribution in [3.05, 3.63) is 29.8 Å². The number of rotatable bonds is 3. The van der Waals surface area contributed by atoms with Gasteiger partial charge in [-0.25, -0.2) is 4.79 Å². The predicted octanol–water partition coefficient (Wildman–Crippen LogP) is 3.83. The van der Waals surface area contributed by atoms with Gasteiger partial charge in [-0.1, -0.05) is 20.8 Å². The van der Waals surface area contributed by atoms with E-state index in [1.165, 1.54) is 6.42 Å². The summed E-state index contributed by atoms with van der Waals surface area (Å²) in [6, 6.07) is 6.74. The van der Waals surface area contributed by atoms with Crippen LogP contribution in [-0.2, 0) is 0 Å². The van der Waals surface area contributed by atoms with Crippen molar-refractivity contribution < 1.29 is 14.6 Å². The van der Waals surface area contributed by atoms with E-state index >= 15 is 0 Å². The first-order valence-electron chi connectivity index (χ1n) is 7.39. The summed E-state index contributed by atoms with van der Waals surface area (Å²) in [6.45, 7) is 7.04. The van der Waals surface area contributed by atoms with Gasteiger partial charge in [0, 0.05) is 0 Å². The lowest BCUT2D eigenvalue weighted by Crippen LogP contribution is -2.57. The predicted molar refractivity (Wildman–Crippen MR) is 77.0 cm³/mol. The van der Waals surface area contributed by atoms with Crippen molar-refractivity contribution in [2.75, 3.05) is 0 Å². The number of carboxylic acid groups (broad SMARTS) is 1. The van der Waals surface area contributed by atoms with Crippen molar-refractivity contribution >= 4 is 5.97 Å². The number of aromatic carboxylic acids is 1. The average molecular weight is 274 g/mol. The van der Waals surface area contributed by atoms with Crippen LogP contribution in [0, 0.1) is 23.2 Å². The molecule has 0 amide bonds. The van der Waals surface area contributed by atoms with Crippen molar-refractivity contribution in [1.29, 1.82) is 0 Å². The molecule has 0 aromatic heterocycles. The van der Waals surface area contributed by atoms with Gasteiger partial charge in [0.2, 0.25) is 0 Å². The van der Waals surface area contributed by atoms with Crippen LogP contribution in [0.4, 0.5) is 0 Å². The minimum absolute atomic E-state index is 0.266. The number of hydrogen-bond donors (Lipinski definition) is 1. The third kappa shape index (κ3) is 2.00. The van der Waals surface area contributed by atoms with Crippen molar-refractivity contribution in [3.8, 4) is 5.75 Å². The maximum atomic E-state index is 10.8. The summed E-state index contributed by atoms with van der Waals surface area (Å²) in [6.07, 6.45) is 2.72. The van der Waals surface area contributed by atoms with E-state index in [1.54, 1.807) is 24.3 Å². The molecule has 108 valence electrons. The number of carbonyl (C=O) groups is 1. The molecule has 0 aliphatic heterocycles. The van der Waals surface area contributed by atoms with Crippen molar-refractivity contribution in [3.63, 3.8) is 0 Å². The molecule has 3 aliphatic carbocycles. The largest absolute Gasteiger partial charge is 0.490 e. The number of hydrogen-bond acceptors (Lipinski definition) is 2. The summed E-state index contributed by atoms with van der Waals surface area (Å²) in [5.41, 5.74) is 0.768. The van der Waals surface area contributed by atoms with Crippen LogP contribution in [0.15, 0.2) is 24.3 Å². The molecule has 20 heavy (non-hydrogen) atoms. The first kappa shape index (κ1) is 13.5. The molecule has 0 radical (unpaired) electrons. The molecule has 1 aromatic carbocycles. The maximum absolute atomic E-state index is 10.8. The summed E-state index contributed by atoms with van der Waals surface area (Å²) in [5.74, 6) is 1.97. The highest BCUT2D eigenvalue weighted by Crippen LogP contribution is 2.61. The third-order valence-electron chi connectivity index (χ3n) is 5.67. The molecule has 3 saturated carbocycles. The van der Waals surface area contributed by atoms with E-state index in [4.69, 9.17) is 9.84 Å². The Kier molecular flexibility index (Phi) is 3.03. The maximum Gasteiger partial charge on any atom is 0.335 e. The van der Waals surface area contributed by atoms with E-state index in [2.05, 4.69) is 20.8 Å². The Morgan fingerprint density at radius 2 is 1.90 bits per heavy atom. The zero-order valence-electron chi connectivity index (χ0n) is 12.3. The van der Waals surface area contributed by atoms with Gasteiger partial charge in [-0.2, -0.15) is 0 Å². The van der Waals surface area contributed by atoms with Crippen LogP contribution < -0.4 is 4.74 Å². The lowest BCUT2D eigenvalue weighted by molar-refractivity contribution is -0.147. The third-order valence-corrected chi connectivity index (χ3v) is 5.67. The van der Waals surface area contributed by atoms with E-state index in [9.17, 15) is 4.79 Å². The van der Waals surface area contributed by atoms with Gasteiger partial charge in [0.25, 0.3) is 0 Å². The van der Waals surface area contributed by atoms with Crippen LogP contribution in [0.2, 0.25) is 0 Å². The second kappa shape index (κ2) is 4.51. The Morgan fingerprint density at radius 3 is 2.40 bits per heavy atom. The lowest BCUT2D eigenvalue weighted by Gasteiger charge is -2.61. The highest BCUT2D eigenvalue weighted by Gasteiger charge is 2.56. The highest BCUT2D eigenvalue weighted by atomic mass is 16.5. The summed E-state index contributed by atoms with van der Waals surface area (Å²) in [4.78, 5) is 10.8. The van der Waals surface area contributed by atoms with E-state index in [0.29, 0.717) is 16.9 Å². The number of carboxylic acids is 1. The fourth-order valence-electron chi connectivity index (χ4n) is 4.11. The zero-order valence-corrected chi connectivity index (χ0v) is 12.3. The molecule has 3 fully saturated rings. The molecule has 1 N–H and O–H groups in total. The minimum atomic E-state index is -0.898. The molecular weight excluding hydrogens is 252 g/mol. The SMILES string of the molecule is C[C@@H]1[C@H]2C[C@@H](C[C@H]1Oc1ccc(C(=O)O)cc1)C2(C)C. The average Bonchev–Trinajstić information content (AvgIpc) is 2.41. The minimum Gasteiger partial charge on any atom is -0.490 e. The molecule has 0 unspecified atom stereocenters. The second-order valence-corrected chi connectivity index (χ2v) is 6.94. The van der Waals surface area contributed by atoms with Crippen LogP contribution >= 0.6 is 0 Å². The van der Waals surface area contributed by atoms with Gasteiger partial charge in [-0.15, -0.1) is 0 Å². The molecule has 0 spiro atoms. The Morgan fingerprint density at radius 1 is 1.25 bits per heavy atom. The van der Waals surface area contributed by atoms with E-state index in [-0.39, 0.29) is 6.10 Å². The molecule has 1 aromatic rings. The Bertz CT molecular complexity index is 518. The number of benzene rings is 1. The Hall–Kier alpha value is -1.51. The van der Waals surface area contributed by atoms with E-state index in [0.717, 1.165) is 24.0 Å². The molecule has 0 saturated heterocycles. The van der Waals surface area contributed by atoms with Crippen molar-refractivity contribution in [2.45, 2.75) is 39.7 Å². The first-order valence-corrected chi connectivity index (χ1v) is 7.39. The summed E-state index contributed by atoms with van der Waals surface area (Å²) >= 11 is 0. The number of fused-ring (bicyclic) bond motifs is 2. The fourth-order valence-corrected chi connectivity index (χ4v) is 4.11.